The molecule has 7 nitrogen and oxygen atoms in total. The number of likely N-dealkylation sites (N-methyl/N-ethyl adjacent to an activating group) is 1. The molecule has 0 saturated heterocycles. The van der Waals surface area contributed by atoms with Crippen molar-refractivity contribution in [2.24, 2.45) is 0 Å². The Hall–Kier alpha value is -3.19. The molecule has 0 fully saturated rings. The van der Waals surface area contributed by atoms with Crippen LogP contribution in [-0.4, -0.2) is 34.4 Å². The topological polar surface area (TPSA) is 90.6 Å². The lowest BCUT2D eigenvalue weighted by molar-refractivity contribution is 0.0703. The summed E-state index contributed by atoms with van der Waals surface area (Å²) in [6, 6.07) is 2.28. The Morgan fingerprint density at radius 2 is 1.88 bits per heavy atom. The van der Waals surface area contributed by atoms with E-state index in [1.807, 2.05) is 0 Å². The van der Waals surface area contributed by atoms with Crippen LogP contribution < -0.4 is 10.5 Å². The van der Waals surface area contributed by atoms with E-state index < -0.39 is 27.1 Å². The molecule has 2 aromatic heterocycles. The number of benzene rings is 1. The molecule has 2 aliphatic heterocycles. The van der Waals surface area contributed by atoms with Gasteiger partial charge >= 0.3 is 10.2 Å². The number of nitrogens with two attached hydrogens (primary N) is 1. The Kier molecular flexibility index (Phi) is 4.09. The van der Waals surface area contributed by atoms with Crippen molar-refractivity contribution >= 4 is 32.9 Å². The van der Waals surface area contributed by atoms with Crippen molar-refractivity contribution in [3.05, 3.63) is 52.8 Å². The zero-order valence-corrected chi connectivity index (χ0v) is 17.8. The third kappa shape index (κ3) is 3.60. The van der Waals surface area contributed by atoms with Gasteiger partial charge in [0.2, 0.25) is 0 Å². The molecule has 0 radical (unpaired) electrons. The van der Waals surface area contributed by atoms with Gasteiger partial charge in [0.1, 0.15) is 28.8 Å². The molecule has 2 aliphatic rings. The van der Waals surface area contributed by atoms with Gasteiger partial charge in [-0.05, 0) is 17.7 Å². The smallest absolute Gasteiger partial charge is 0.310 e. The van der Waals surface area contributed by atoms with E-state index >= 15 is 0 Å². The van der Waals surface area contributed by atoms with Crippen LogP contribution in [0.4, 0.5) is 25.2 Å². The number of fused-ring (bicyclic) bond motifs is 4. The van der Waals surface area contributed by atoms with Gasteiger partial charge in [-0.3, -0.25) is 4.79 Å². The largest absolute Gasteiger partial charge is 0.491 e. The molecule has 5 rings (SSSR count). The molecule has 176 valence electrons. The van der Waals surface area contributed by atoms with Crippen LogP contribution in [0.3, 0.4) is 0 Å². The van der Waals surface area contributed by atoms with Gasteiger partial charge in [0, 0.05) is 29.6 Å². The lowest BCUT2D eigenvalue weighted by Gasteiger charge is -2.40. The molecule has 0 aliphatic carbocycles. The first kappa shape index (κ1) is 21.6. The van der Waals surface area contributed by atoms with E-state index in [1.165, 1.54) is 18.1 Å². The summed E-state index contributed by atoms with van der Waals surface area (Å²) in [6.45, 7) is 0.438. The number of nitrogens with zero attached hydrogens (tertiary/aromatic N) is 3. The van der Waals surface area contributed by atoms with Crippen LogP contribution in [0.2, 0.25) is 0 Å². The fourth-order valence-corrected chi connectivity index (χ4v) is 4.70. The van der Waals surface area contributed by atoms with Gasteiger partial charge in [0.15, 0.2) is 0 Å². The molecular formula is C20H17F5N4O3S. The zero-order valence-electron chi connectivity index (χ0n) is 17.0. The number of anilines is 1. The van der Waals surface area contributed by atoms with E-state index in [4.69, 9.17) is 15.2 Å². The normalized spacial score (nSPS) is 19.4. The van der Waals surface area contributed by atoms with Crippen LogP contribution >= 0.6 is 10.2 Å². The van der Waals surface area contributed by atoms with Crippen LogP contribution in [0.1, 0.15) is 33.2 Å². The molecule has 33 heavy (non-hydrogen) atoms. The molecule has 0 unspecified atom stereocenters. The molecule has 0 saturated carbocycles. The number of rotatable bonds is 3. The highest BCUT2D eigenvalue weighted by atomic mass is 32.5. The van der Waals surface area contributed by atoms with Crippen LogP contribution in [0.5, 0.6) is 5.75 Å². The quantitative estimate of drug-likeness (QED) is 0.516. The van der Waals surface area contributed by atoms with Crippen molar-refractivity contribution < 1.29 is 33.7 Å². The molecule has 13 heteroatoms. The molecule has 0 bridgehead atoms. The van der Waals surface area contributed by atoms with Crippen molar-refractivity contribution in [2.45, 2.75) is 24.2 Å². The van der Waals surface area contributed by atoms with Crippen LogP contribution in [0.15, 0.2) is 35.4 Å². The maximum absolute atomic E-state index is 13.1. The molecule has 4 heterocycles. The van der Waals surface area contributed by atoms with Gasteiger partial charge in [0.05, 0.1) is 31.0 Å². The minimum atomic E-state index is -9.85. The lowest BCUT2D eigenvalue weighted by atomic mass is 10.0. The Morgan fingerprint density at radius 3 is 2.61 bits per heavy atom. The number of carbonyl (C=O) groups excluding carboxylic acids is 1. The minimum Gasteiger partial charge on any atom is -0.491 e. The molecule has 3 aromatic rings. The van der Waals surface area contributed by atoms with Gasteiger partial charge in [-0.25, -0.2) is 9.97 Å². The molecule has 1 amide bonds. The average molecular weight is 488 g/mol. The fraction of sp³-hybridized carbons (Fsp3) is 0.250. The van der Waals surface area contributed by atoms with E-state index in [1.54, 1.807) is 6.07 Å². The van der Waals surface area contributed by atoms with Crippen LogP contribution in [0.25, 0.3) is 10.9 Å². The standard InChI is InChI=1S/C20H17F5N4O3S/c1-29(17-9-32-18-4-10(2-3-11(17)18)33(21,22,23,24)25)20(30)15-5-12-13-7-31-8-14(13)19(26)28-16(12)6-27-15/h2-6,17H,7-9H2,1H3,(H2,26,28)/t17-/m0/s1. The van der Waals surface area contributed by atoms with E-state index in [0.717, 1.165) is 17.2 Å². The Labute approximate surface area is 184 Å². The van der Waals surface area contributed by atoms with Gasteiger partial charge in [-0.1, -0.05) is 25.5 Å². The number of pyridine rings is 2. The second kappa shape index (κ2) is 6.23. The minimum absolute atomic E-state index is 0.0720. The van der Waals surface area contributed by atoms with Crippen molar-refractivity contribution in [1.29, 1.82) is 0 Å². The van der Waals surface area contributed by atoms with Crippen molar-refractivity contribution in [2.75, 3.05) is 19.4 Å². The Morgan fingerprint density at radius 1 is 1.15 bits per heavy atom. The highest BCUT2D eigenvalue weighted by molar-refractivity contribution is 8.45. The summed E-state index contributed by atoms with van der Waals surface area (Å²) in [4.78, 5) is 20.8. The molecule has 1 aromatic carbocycles. The van der Waals surface area contributed by atoms with E-state index in [2.05, 4.69) is 9.97 Å². The highest BCUT2D eigenvalue weighted by Crippen LogP contribution is 3.02. The third-order valence-electron chi connectivity index (χ3n) is 5.81. The summed E-state index contributed by atoms with van der Waals surface area (Å²) in [6.07, 6.45) is 1.41. The predicted molar refractivity (Wildman–Crippen MR) is 111 cm³/mol. The van der Waals surface area contributed by atoms with Crippen molar-refractivity contribution in [1.82, 2.24) is 14.9 Å². The van der Waals surface area contributed by atoms with Crippen LogP contribution in [0, 0.1) is 0 Å². The summed E-state index contributed by atoms with van der Waals surface area (Å²) in [5.74, 6) is -0.537. The number of aromatic nitrogens is 2. The lowest BCUT2D eigenvalue weighted by Crippen LogP contribution is -2.32. The second-order valence-corrected chi connectivity index (χ2v) is 10.4. The SMILES string of the molecule is CN(C(=O)c1cc2c3c(c(N)nc2cn1)COC3)[C@H]1COc2cc(S(F)(F)(F)(F)F)ccc21. The Balaban J connectivity index is 1.47. The van der Waals surface area contributed by atoms with Crippen molar-refractivity contribution in [3.63, 3.8) is 0 Å². The monoisotopic (exact) mass is 488 g/mol. The van der Waals surface area contributed by atoms with E-state index in [0.29, 0.717) is 36.0 Å². The second-order valence-electron chi connectivity index (χ2n) is 7.95. The first-order chi connectivity index (χ1) is 15.2. The molecular weight excluding hydrogens is 471 g/mol. The van der Waals surface area contributed by atoms with Crippen molar-refractivity contribution in [3.8, 4) is 5.75 Å². The van der Waals surface area contributed by atoms with Gasteiger partial charge in [0.25, 0.3) is 5.91 Å². The number of amides is 1. The molecule has 0 spiro atoms. The number of ether oxygens (including phenoxy) is 2. The number of halogens is 5. The van der Waals surface area contributed by atoms with Gasteiger partial charge < -0.3 is 20.1 Å². The highest BCUT2D eigenvalue weighted by Gasteiger charge is 2.65. The summed E-state index contributed by atoms with van der Waals surface area (Å²) in [5, 5.41) is 0.659. The first-order valence-electron chi connectivity index (χ1n) is 9.65. The van der Waals surface area contributed by atoms with Gasteiger partial charge in [-0.2, -0.15) is 0 Å². The fourth-order valence-electron chi connectivity index (χ4n) is 4.05. The first-order valence-corrected chi connectivity index (χ1v) is 11.6. The van der Waals surface area contributed by atoms with E-state index in [9.17, 15) is 24.2 Å². The average Bonchev–Trinajstić information content (AvgIpc) is 3.38. The molecule has 1 atom stereocenters. The predicted octanol–water partition coefficient (Wildman–Crippen LogP) is 5.11. The van der Waals surface area contributed by atoms with Gasteiger partial charge in [-0.15, -0.1) is 0 Å². The zero-order chi connectivity index (χ0) is 23.8. The number of nitrogen functional groups attached to an aromatic ring is 1. The third-order valence-corrected chi connectivity index (χ3v) is 6.95. The van der Waals surface area contributed by atoms with E-state index in [-0.39, 0.29) is 29.7 Å². The van der Waals surface area contributed by atoms with Crippen LogP contribution in [-0.2, 0) is 18.0 Å². The number of hydrogen-bond donors (Lipinski definition) is 1. The number of carbonyl (C=O) groups is 1. The maximum Gasteiger partial charge on any atom is 0.310 e. The Bertz CT molecular complexity index is 1350. The maximum atomic E-state index is 13.1. The number of hydrogen-bond acceptors (Lipinski definition) is 6. The summed E-state index contributed by atoms with van der Waals surface area (Å²) >= 11 is 0. The molecule has 2 N–H and O–H groups in total. The summed E-state index contributed by atoms with van der Waals surface area (Å²) in [5.41, 5.74) is 8.27. The summed E-state index contributed by atoms with van der Waals surface area (Å²) < 4.78 is 76.2. The summed E-state index contributed by atoms with van der Waals surface area (Å²) in [7, 11) is -8.41.